The average molecular weight is 795 g/mol. The van der Waals surface area contributed by atoms with Gasteiger partial charge in [0.2, 0.25) is 0 Å². The number of carbonyl (C=O) groups excluding carboxylic acids is 1. The van der Waals surface area contributed by atoms with Crippen molar-refractivity contribution in [3.63, 3.8) is 0 Å². The summed E-state index contributed by atoms with van der Waals surface area (Å²) in [7, 11) is 5.12. The normalized spacial score (nSPS) is 17.5. The number of hydrogen-bond donors (Lipinski definition) is 0. The molecular formula is C50H54N2O7. The van der Waals surface area contributed by atoms with Crippen LogP contribution in [0.1, 0.15) is 77.7 Å². The lowest BCUT2D eigenvalue weighted by Crippen LogP contribution is -2.40. The zero-order valence-electron chi connectivity index (χ0n) is 34.9. The zero-order valence-corrected chi connectivity index (χ0v) is 34.9. The minimum absolute atomic E-state index is 0.0622. The maximum Gasteiger partial charge on any atom is 0.254 e. The van der Waals surface area contributed by atoms with Gasteiger partial charge in [-0.1, -0.05) is 63.1 Å². The number of hydrogen-bond acceptors (Lipinski definition) is 8. The van der Waals surface area contributed by atoms with Crippen molar-refractivity contribution < 1.29 is 33.2 Å². The van der Waals surface area contributed by atoms with Gasteiger partial charge in [-0.3, -0.25) is 4.79 Å². The molecule has 0 N–H and O–H groups in total. The van der Waals surface area contributed by atoms with Gasteiger partial charge in [0, 0.05) is 59.2 Å². The first kappa shape index (κ1) is 39.0. The van der Waals surface area contributed by atoms with E-state index in [-0.39, 0.29) is 11.3 Å². The number of ether oxygens (including phenoxy) is 6. The van der Waals surface area contributed by atoms with Crippen LogP contribution in [0.3, 0.4) is 0 Å². The molecule has 5 aromatic rings. The van der Waals surface area contributed by atoms with Crippen LogP contribution in [-0.4, -0.2) is 84.7 Å². The number of nitrogens with zero attached hydrogens (tertiary/aromatic N) is 2. The first-order chi connectivity index (χ1) is 28.9. The lowest BCUT2D eigenvalue weighted by Gasteiger charge is -2.40. The van der Waals surface area contributed by atoms with Gasteiger partial charge in [0.05, 0.1) is 53.4 Å². The Morgan fingerprint density at radius 2 is 1.32 bits per heavy atom. The molecule has 2 fully saturated rings. The number of methoxy groups -OCH3 is 3. The van der Waals surface area contributed by atoms with Crippen molar-refractivity contribution in [1.82, 2.24) is 4.90 Å². The minimum Gasteiger partial charge on any atom is -0.497 e. The summed E-state index contributed by atoms with van der Waals surface area (Å²) in [6.07, 6.45) is 8.33. The number of benzene rings is 5. The molecule has 306 valence electrons. The smallest absolute Gasteiger partial charge is 0.254 e. The van der Waals surface area contributed by atoms with Crippen LogP contribution in [0.2, 0.25) is 0 Å². The molecule has 1 amide bonds. The molecule has 3 heterocycles. The molecule has 9 heteroatoms. The van der Waals surface area contributed by atoms with Gasteiger partial charge < -0.3 is 38.2 Å². The van der Waals surface area contributed by atoms with E-state index in [4.69, 9.17) is 28.4 Å². The zero-order chi connectivity index (χ0) is 40.7. The third kappa shape index (κ3) is 6.41. The highest BCUT2D eigenvalue weighted by molar-refractivity contribution is 6.11. The third-order valence-electron chi connectivity index (χ3n) is 12.9. The predicted octanol–water partition coefficient (Wildman–Crippen LogP) is 9.39. The summed E-state index contributed by atoms with van der Waals surface area (Å²) in [4.78, 5) is 18.5. The summed E-state index contributed by atoms with van der Waals surface area (Å²) in [6.45, 7) is 9.72. The molecule has 9 rings (SSSR count). The van der Waals surface area contributed by atoms with Crippen molar-refractivity contribution in [2.45, 2.75) is 50.5 Å². The van der Waals surface area contributed by atoms with Crippen molar-refractivity contribution in [3.05, 3.63) is 118 Å². The molecule has 0 aromatic heterocycles. The van der Waals surface area contributed by atoms with Crippen molar-refractivity contribution in [3.8, 4) is 34.1 Å². The summed E-state index contributed by atoms with van der Waals surface area (Å²) in [5, 5.41) is 2.09. The first-order valence-electron chi connectivity index (χ1n) is 21.1. The predicted molar refractivity (Wildman–Crippen MR) is 233 cm³/mol. The molecule has 0 unspecified atom stereocenters. The Morgan fingerprint density at radius 1 is 0.712 bits per heavy atom. The highest BCUT2D eigenvalue weighted by Gasteiger charge is 2.48. The van der Waals surface area contributed by atoms with E-state index in [0.29, 0.717) is 39.5 Å². The van der Waals surface area contributed by atoms with Gasteiger partial charge in [0.1, 0.15) is 23.0 Å². The summed E-state index contributed by atoms with van der Waals surface area (Å²) in [5.41, 5.74) is 8.35. The SMILES string of the molecule is CCCC1(CCC)c2cc(C(=O)N3CCOCC3)ccc2-c2c1c1c(c3cc(OC)c(N4CCOCC4)cc23)OC(c2ccc(OC)cc2)(c2ccc(OC)cc2)C=C1. The second-order valence-electron chi connectivity index (χ2n) is 16.0. The molecule has 0 atom stereocenters. The number of morpholine rings is 2. The lowest BCUT2D eigenvalue weighted by molar-refractivity contribution is 0.0303. The van der Waals surface area contributed by atoms with Crippen LogP contribution in [0, 0.1) is 0 Å². The van der Waals surface area contributed by atoms with E-state index in [9.17, 15) is 4.79 Å². The molecule has 59 heavy (non-hydrogen) atoms. The molecule has 4 aliphatic rings. The second kappa shape index (κ2) is 15.9. The minimum atomic E-state index is -0.982. The van der Waals surface area contributed by atoms with Gasteiger partial charge in [0.15, 0.2) is 5.60 Å². The summed E-state index contributed by atoms with van der Waals surface area (Å²) >= 11 is 0. The van der Waals surface area contributed by atoms with Crippen LogP contribution in [0.25, 0.3) is 28.0 Å². The summed E-state index contributed by atoms with van der Waals surface area (Å²) in [5.74, 6) is 3.21. The van der Waals surface area contributed by atoms with E-state index >= 15 is 0 Å². The number of rotatable bonds is 11. The molecular weight excluding hydrogens is 741 g/mol. The standard InChI is InChI=1S/C50H54N2O7/c1-6-19-49(20-7-2)42-30-33(48(53)52-24-28-58-29-25-52)8-17-38(42)45-40-31-43(51-22-26-57-27-23-51)44(56-5)32-41(40)47-39(46(45)49)18-21-50(59-47,34-9-13-36(54-3)14-10-34)35-11-15-37(55-4)16-12-35/h8-18,21,30-32H,6-7,19-20,22-29H2,1-5H3. The maximum absolute atomic E-state index is 14.2. The van der Waals surface area contributed by atoms with E-state index in [0.717, 1.165) is 100 Å². The van der Waals surface area contributed by atoms with Gasteiger partial charge in [-0.25, -0.2) is 0 Å². The van der Waals surface area contributed by atoms with Crippen LogP contribution in [0.15, 0.2) is 84.9 Å². The molecule has 0 bridgehead atoms. The Kier molecular flexibility index (Phi) is 10.5. The fraction of sp³-hybridized carbons (Fsp3) is 0.380. The number of amides is 1. The van der Waals surface area contributed by atoms with Crippen molar-refractivity contribution in [2.24, 2.45) is 0 Å². The van der Waals surface area contributed by atoms with Gasteiger partial charge in [-0.2, -0.15) is 0 Å². The Bertz CT molecular complexity index is 2340. The first-order valence-corrected chi connectivity index (χ1v) is 21.1. The molecule has 5 aromatic carbocycles. The molecule has 2 saturated heterocycles. The second-order valence-corrected chi connectivity index (χ2v) is 16.0. The van der Waals surface area contributed by atoms with E-state index in [1.54, 1.807) is 21.3 Å². The van der Waals surface area contributed by atoms with Gasteiger partial charge in [0.25, 0.3) is 5.91 Å². The van der Waals surface area contributed by atoms with Crippen LogP contribution >= 0.6 is 0 Å². The van der Waals surface area contributed by atoms with Crippen LogP contribution < -0.4 is 23.8 Å². The average Bonchev–Trinajstić information content (AvgIpc) is 3.58. The Morgan fingerprint density at radius 3 is 1.90 bits per heavy atom. The molecule has 1 aliphatic carbocycles. The van der Waals surface area contributed by atoms with E-state index in [2.05, 4.69) is 79.4 Å². The van der Waals surface area contributed by atoms with Crippen LogP contribution in [-0.2, 0) is 20.5 Å². The van der Waals surface area contributed by atoms with Crippen LogP contribution in [0.5, 0.6) is 23.0 Å². The highest BCUT2D eigenvalue weighted by atomic mass is 16.5. The number of anilines is 1. The van der Waals surface area contributed by atoms with Crippen molar-refractivity contribution in [1.29, 1.82) is 0 Å². The lowest BCUT2D eigenvalue weighted by atomic mass is 9.69. The third-order valence-corrected chi connectivity index (χ3v) is 12.9. The van der Waals surface area contributed by atoms with Gasteiger partial charge >= 0.3 is 0 Å². The Balaban J connectivity index is 1.35. The van der Waals surface area contributed by atoms with Gasteiger partial charge in [-0.05, 0) is 95.1 Å². The fourth-order valence-corrected chi connectivity index (χ4v) is 10.2. The monoisotopic (exact) mass is 794 g/mol. The number of carbonyl (C=O) groups is 1. The molecule has 0 radical (unpaired) electrons. The number of fused-ring (bicyclic) bond motifs is 8. The largest absolute Gasteiger partial charge is 0.497 e. The summed E-state index contributed by atoms with van der Waals surface area (Å²) in [6, 6.07) is 27.3. The molecule has 0 saturated carbocycles. The highest BCUT2D eigenvalue weighted by Crippen LogP contribution is 2.62. The van der Waals surface area contributed by atoms with Crippen LogP contribution in [0.4, 0.5) is 5.69 Å². The van der Waals surface area contributed by atoms with E-state index in [1.807, 2.05) is 35.2 Å². The topological polar surface area (TPSA) is 78.9 Å². The quantitative estimate of drug-likeness (QED) is 0.131. The van der Waals surface area contributed by atoms with E-state index < -0.39 is 5.60 Å². The molecule has 0 spiro atoms. The maximum atomic E-state index is 14.2. The van der Waals surface area contributed by atoms with E-state index in [1.165, 1.54) is 22.3 Å². The fourth-order valence-electron chi connectivity index (χ4n) is 10.2. The van der Waals surface area contributed by atoms with Gasteiger partial charge in [-0.15, -0.1) is 0 Å². The molecule has 9 nitrogen and oxygen atoms in total. The van der Waals surface area contributed by atoms with Crippen molar-refractivity contribution >= 4 is 28.4 Å². The Hall–Kier alpha value is -5.51. The summed E-state index contributed by atoms with van der Waals surface area (Å²) < 4.78 is 36.6. The molecule has 3 aliphatic heterocycles. The van der Waals surface area contributed by atoms with Crippen molar-refractivity contribution in [2.75, 3.05) is 78.8 Å². The Labute approximate surface area is 347 Å².